The van der Waals surface area contributed by atoms with Gasteiger partial charge in [0.15, 0.2) is 5.75 Å². The van der Waals surface area contributed by atoms with Crippen molar-refractivity contribution in [2.75, 3.05) is 18.6 Å². The average molecular weight is 219 g/mol. The van der Waals surface area contributed by atoms with Gasteiger partial charge in [0.2, 0.25) is 11.9 Å². The van der Waals surface area contributed by atoms with Crippen molar-refractivity contribution in [1.82, 2.24) is 9.97 Å². The number of anilines is 1. The Labute approximate surface area is 93.8 Å². The lowest BCUT2D eigenvalue weighted by atomic mass is 10.1. The summed E-state index contributed by atoms with van der Waals surface area (Å²) in [6, 6.07) is 0. The van der Waals surface area contributed by atoms with Gasteiger partial charge in [-0.3, -0.25) is 9.69 Å². The van der Waals surface area contributed by atoms with Crippen molar-refractivity contribution in [2.24, 2.45) is 5.92 Å². The van der Waals surface area contributed by atoms with E-state index in [1.807, 2.05) is 0 Å². The summed E-state index contributed by atoms with van der Waals surface area (Å²) in [7, 11) is 1.55. The van der Waals surface area contributed by atoms with Crippen LogP contribution in [0.4, 0.5) is 5.95 Å². The van der Waals surface area contributed by atoms with Gasteiger partial charge >= 0.3 is 0 Å². The normalized spacial score (nSPS) is 19.9. The van der Waals surface area contributed by atoms with E-state index in [4.69, 9.17) is 4.74 Å². The van der Waals surface area contributed by atoms with E-state index in [0.717, 1.165) is 0 Å². The number of amides is 1. The fraction of sp³-hybridized carbons (Fsp3) is 0.364. The average Bonchev–Trinajstić information content (AvgIpc) is 2.71. The van der Waals surface area contributed by atoms with Gasteiger partial charge in [-0.05, 0) is 0 Å². The Kier molecular flexibility index (Phi) is 2.85. The summed E-state index contributed by atoms with van der Waals surface area (Å²) in [6.45, 7) is 4.30. The fourth-order valence-corrected chi connectivity index (χ4v) is 1.64. The monoisotopic (exact) mass is 219 g/mol. The Bertz CT molecular complexity index is 402. The van der Waals surface area contributed by atoms with Crippen LogP contribution in [0.5, 0.6) is 5.75 Å². The predicted octanol–water partition coefficient (Wildman–Crippen LogP) is 1.02. The van der Waals surface area contributed by atoms with E-state index in [-0.39, 0.29) is 11.8 Å². The number of methoxy groups -OCH3 is 1. The molecule has 0 bridgehead atoms. The quantitative estimate of drug-likeness (QED) is 0.712. The zero-order valence-electron chi connectivity index (χ0n) is 9.09. The number of aromatic nitrogens is 2. The predicted molar refractivity (Wildman–Crippen MR) is 59.2 cm³/mol. The van der Waals surface area contributed by atoms with Gasteiger partial charge in [0.05, 0.1) is 19.5 Å². The van der Waals surface area contributed by atoms with Crippen LogP contribution >= 0.6 is 0 Å². The minimum atomic E-state index is 0.0371. The first-order valence-corrected chi connectivity index (χ1v) is 5.03. The van der Waals surface area contributed by atoms with Crippen LogP contribution in [-0.2, 0) is 4.79 Å². The molecule has 1 aromatic rings. The first-order chi connectivity index (χ1) is 7.74. The van der Waals surface area contributed by atoms with Crippen molar-refractivity contribution >= 4 is 11.9 Å². The largest absolute Gasteiger partial charge is 0.494 e. The van der Waals surface area contributed by atoms with Crippen LogP contribution in [0.2, 0.25) is 0 Å². The molecule has 1 amide bonds. The highest BCUT2D eigenvalue weighted by atomic mass is 16.5. The summed E-state index contributed by atoms with van der Waals surface area (Å²) >= 11 is 0. The first kappa shape index (κ1) is 10.6. The van der Waals surface area contributed by atoms with Crippen LogP contribution < -0.4 is 9.64 Å². The third-order valence-corrected chi connectivity index (χ3v) is 2.58. The van der Waals surface area contributed by atoms with Crippen molar-refractivity contribution < 1.29 is 9.53 Å². The van der Waals surface area contributed by atoms with Gasteiger partial charge < -0.3 is 4.74 Å². The molecule has 0 radical (unpaired) electrons. The van der Waals surface area contributed by atoms with Crippen LogP contribution in [0.25, 0.3) is 0 Å². The lowest BCUT2D eigenvalue weighted by Gasteiger charge is -2.13. The van der Waals surface area contributed by atoms with Gasteiger partial charge in [-0.2, -0.15) is 0 Å². The summed E-state index contributed by atoms with van der Waals surface area (Å²) < 4.78 is 4.96. The maximum atomic E-state index is 11.7. The molecule has 1 saturated heterocycles. The van der Waals surface area contributed by atoms with E-state index in [9.17, 15) is 4.79 Å². The Morgan fingerprint density at radius 3 is 2.75 bits per heavy atom. The highest BCUT2D eigenvalue weighted by Crippen LogP contribution is 2.22. The highest BCUT2D eigenvalue weighted by Gasteiger charge is 2.30. The van der Waals surface area contributed by atoms with Crippen LogP contribution in [-0.4, -0.2) is 29.5 Å². The molecular formula is C11H13N3O2. The highest BCUT2D eigenvalue weighted by molar-refractivity contribution is 5.94. The second-order valence-electron chi connectivity index (χ2n) is 3.63. The molecule has 5 heteroatoms. The molecule has 1 unspecified atom stereocenters. The smallest absolute Gasteiger partial charge is 0.232 e. The van der Waals surface area contributed by atoms with Crippen molar-refractivity contribution in [3.8, 4) is 5.75 Å². The molecule has 1 aromatic heterocycles. The Morgan fingerprint density at radius 2 is 2.25 bits per heavy atom. The summed E-state index contributed by atoms with van der Waals surface area (Å²) in [5.41, 5.74) is 0. The molecule has 0 aromatic carbocycles. The lowest BCUT2D eigenvalue weighted by molar-refractivity contribution is -0.117. The van der Waals surface area contributed by atoms with Gasteiger partial charge in [-0.1, -0.05) is 6.08 Å². The summed E-state index contributed by atoms with van der Waals surface area (Å²) in [6.07, 6.45) is 5.38. The zero-order valence-corrected chi connectivity index (χ0v) is 9.09. The minimum absolute atomic E-state index is 0.0371. The summed E-state index contributed by atoms with van der Waals surface area (Å²) in [4.78, 5) is 21.4. The van der Waals surface area contributed by atoms with Crippen LogP contribution in [0.1, 0.15) is 6.42 Å². The third kappa shape index (κ3) is 1.88. The summed E-state index contributed by atoms with van der Waals surface area (Å²) in [5.74, 6) is 1.24. The molecule has 0 saturated carbocycles. The molecule has 1 fully saturated rings. The van der Waals surface area contributed by atoms with E-state index in [1.54, 1.807) is 30.5 Å². The first-order valence-electron chi connectivity index (χ1n) is 5.03. The Hall–Kier alpha value is -1.91. The van der Waals surface area contributed by atoms with Crippen molar-refractivity contribution in [3.63, 3.8) is 0 Å². The van der Waals surface area contributed by atoms with Crippen LogP contribution in [0.3, 0.4) is 0 Å². The molecule has 1 atom stereocenters. The van der Waals surface area contributed by atoms with Gasteiger partial charge in [0.25, 0.3) is 0 Å². The SMILES string of the molecule is C=CC1CC(=O)N(c2ncc(OC)cn2)C1. The second kappa shape index (κ2) is 4.30. The Morgan fingerprint density at radius 1 is 1.56 bits per heavy atom. The van der Waals surface area contributed by atoms with Gasteiger partial charge in [0.1, 0.15) is 0 Å². The van der Waals surface area contributed by atoms with E-state index >= 15 is 0 Å². The molecule has 1 aliphatic heterocycles. The third-order valence-electron chi connectivity index (χ3n) is 2.58. The van der Waals surface area contributed by atoms with Gasteiger partial charge in [-0.25, -0.2) is 9.97 Å². The summed E-state index contributed by atoms with van der Waals surface area (Å²) in [5, 5.41) is 0. The van der Waals surface area contributed by atoms with E-state index in [1.165, 1.54) is 0 Å². The number of hydrogen-bond donors (Lipinski definition) is 0. The topological polar surface area (TPSA) is 55.3 Å². The van der Waals surface area contributed by atoms with Gasteiger partial charge in [0, 0.05) is 18.9 Å². The number of rotatable bonds is 3. The number of carbonyl (C=O) groups is 1. The maximum Gasteiger partial charge on any atom is 0.232 e. The standard InChI is InChI=1S/C11H13N3O2/c1-3-8-4-10(15)14(7-8)11-12-5-9(16-2)6-13-11/h3,5-6,8H,1,4,7H2,2H3. The molecular weight excluding hydrogens is 206 g/mol. The number of hydrogen-bond acceptors (Lipinski definition) is 4. The number of nitrogens with zero attached hydrogens (tertiary/aromatic N) is 3. The molecule has 2 rings (SSSR count). The molecule has 1 aliphatic rings. The molecule has 2 heterocycles. The van der Waals surface area contributed by atoms with Gasteiger partial charge in [-0.15, -0.1) is 6.58 Å². The zero-order chi connectivity index (χ0) is 11.5. The second-order valence-corrected chi connectivity index (χ2v) is 3.63. The Balaban J connectivity index is 2.17. The molecule has 5 nitrogen and oxygen atoms in total. The van der Waals surface area contributed by atoms with Crippen molar-refractivity contribution in [2.45, 2.75) is 6.42 Å². The van der Waals surface area contributed by atoms with Crippen molar-refractivity contribution in [1.29, 1.82) is 0 Å². The lowest BCUT2D eigenvalue weighted by Crippen LogP contribution is -2.26. The fourth-order valence-electron chi connectivity index (χ4n) is 1.64. The van der Waals surface area contributed by atoms with E-state index in [0.29, 0.717) is 24.7 Å². The molecule has 84 valence electrons. The maximum absolute atomic E-state index is 11.7. The molecule has 0 aliphatic carbocycles. The molecule has 0 spiro atoms. The minimum Gasteiger partial charge on any atom is -0.494 e. The van der Waals surface area contributed by atoms with Crippen LogP contribution in [0.15, 0.2) is 25.0 Å². The number of carbonyl (C=O) groups excluding carboxylic acids is 1. The van der Waals surface area contributed by atoms with E-state index < -0.39 is 0 Å². The molecule has 16 heavy (non-hydrogen) atoms. The van der Waals surface area contributed by atoms with Crippen LogP contribution in [0, 0.1) is 5.92 Å². The van der Waals surface area contributed by atoms with E-state index in [2.05, 4.69) is 16.5 Å². The number of ether oxygens (including phenoxy) is 1. The van der Waals surface area contributed by atoms with Crippen molar-refractivity contribution in [3.05, 3.63) is 25.0 Å². The molecule has 0 N–H and O–H groups in total.